The SMILES string of the molecule is COc1ccc(-c2cncc(-c3ccnc(Nc4cc(NC(=O)c5ccc(CN6CCN(C)CC6)cc5)ccc4C)n3)c2)cc1. The Balaban J connectivity index is 1.12. The molecular formula is C36H37N7O2. The van der Waals surface area contributed by atoms with Crippen molar-refractivity contribution >= 4 is 23.2 Å². The van der Waals surface area contributed by atoms with Gasteiger partial charge in [0.2, 0.25) is 5.95 Å². The van der Waals surface area contributed by atoms with Gasteiger partial charge in [0.05, 0.1) is 12.8 Å². The first-order valence-electron chi connectivity index (χ1n) is 15.1. The Kier molecular flexibility index (Phi) is 9.09. The standard InChI is InChI=1S/C36H37N7O2/c1-25-4-11-31(39-35(44)28-7-5-26(6-8-28)24-43-18-16-42(2)17-19-43)21-34(25)41-36-38-15-14-33(40-36)30-20-29(22-37-23-30)27-9-12-32(45-3)13-10-27/h4-15,20-23H,16-19,24H2,1-3H3,(H,39,44)(H,38,40,41). The quantitative estimate of drug-likeness (QED) is 0.205. The van der Waals surface area contributed by atoms with E-state index in [1.54, 1.807) is 19.5 Å². The van der Waals surface area contributed by atoms with Crippen molar-refractivity contribution in [3.05, 3.63) is 114 Å². The number of aromatic nitrogens is 3. The fourth-order valence-electron chi connectivity index (χ4n) is 5.28. The molecule has 1 aliphatic heterocycles. The number of benzene rings is 3. The highest BCUT2D eigenvalue weighted by Crippen LogP contribution is 2.28. The van der Waals surface area contributed by atoms with Crippen LogP contribution in [0.3, 0.4) is 0 Å². The van der Waals surface area contributed by atoms with Crippen LogP contribution in [0.4, 0.5) is 17.3 Å². The Bertz CT molecular complexity index is 1770. The van der Waals surface area contributed by atoms with E-state index in [-0.39, 0.29) is 5.91 Å². The molecule has 6 rings (SSSR count). The molecule has 0 unspecified atom stereocenters. The van der Waals surface area contributed by atoms with Crippen molar-refractivity contribution in [1.29, 1.82) is 0 Å². The molecule has 1 aliphatic rings. The van der Waals surface area contributed by atoms with Gasteiger partial charge in [0.1, 0.15) is 5.75 Å². The first-order valence-corrected chi connectivity index (χ1v) is 15.1. The first-order chi connectivity index (χ1) is 21.9. The highest BCUT2D eigenvalue weighted by Gasteiger charge is 2.15. The highest BCUT2D eigenvalue weighted by molar-refractivity contribution is 6.04. The molecule has 0 aliphatic carbocycles. The van der Waals surface area contributed by atoms with Gasteiger partial charge in [0.15, 0.2) is 0 Å². The topological polar surface area (TPSA) is 95.5 Å². The fourth-order valence-corrected chi connectivity index (χ4v) is 5.28. The molecule has 0 spiro atoms. The number of methoxy groups -OCH3 is 1. The summed E-state index contributed by atoms with van der Waals surface area (Å²) >= 11 is 0. The lowest BCUT2D eigenvalue weighted by atomic mass is 10.0. The van der Waals surface area contributed by atoms with Crippen LogP contribution in [0.1, 0.15) is 21.5 Å². The molecule has 45 heavy (non-hydrogen) atoms. The monoisotopic (exact) mass is 599 g/mol. The minimum atomic E-state index is -0.154. The number of carbonyl (C=O) groups excluding carboxylic acids is 1. The minimum absolute atomic E-state index is 0.154. The number of aryl methyl sites for hydroxylation is 1. The second-order valence-corrected chi connectivity index (χ2v) is 11.3. The second-order valence-electron chi connectivity index (χ2n) is 11.3. The predicted molar refractivity (Wildman–Crippen MR) is 179 cm³/mol. The average Bonchev–Trinajstić information content (AvgIpc) is 3.08. The van der Waals surface area contributed by atoms with E-state index in [0.29, 0.717) is 17.2 Å². The molecule has 228 valence electrons. The average molecular weight is 600 g/mol. The van der Waals surface area contributed by atoms with Crippen molar-refractivity contribution < 1.29 is 9.53 Å². The molecule has 3 heterocycles. The lowest BCUT2D eigenvalue weighted by Crippen LogP contribution is -2.43. The van der Waals surface area contributed by atoms with Crippen molar-refractivity contribution in [2.45, 2.75) is 13.5 Å². The largest absolute Gasteiger partial charge is 0.497 e. The zero-order valence-electron chi connectivity index (χ0n) is 25.8. The summed E-state index contributed by atoms with van der Waals surface area (Å²) in [5.74, 6) is 1.10. The molecule has 1 saturated heterocycles. The zero-order chi connectivity index (χ0) is 31.2. The van der Waals surface area contributed by atoms with E-state index >= 15 is 0 Å². The third kappa shape index (κ3) is 7.52. The van der Waals surface area contributed by atoms with Gasteiger partial charge in [-0.25, -0.2) is 9.97 Å². The van der Waals surface area contributed by atoms with E-state index in [9.17, 15) is 4.79 Å². The smallest absolute Gasteiger partial charge is 0.255 e. The van der Waals surface area contributed by atoms with Crippen LogP contribution in [-0.2, 0) is 6.54 Å². The lowest BCUT2D eigenvalue weighted by Gasteiger charge is -2.32. The highest BCUT2D eigenvalue weighted by atomic mass is 16.5. The molecule has 0 atom stereocenters. The number of anilines is 3. The first kappa shape index (κ1) is 29.9. The number of rotatable bonds is 9. The Morgan fingerprint density at radius 3 is 2.38 bits per heavy atom. The van der Waals surface area contributed by atoms with Crippen LogP contribution >= 0.6 is 0 Å². The summed E-state index contributed by atoms with van der Waals surface area (Å²) in [6.07, 6.45) is 5.34. The summed E-state index contributed by atoms with van der Waals surface area (Å²) < 4.78 is 5.28. The van der Waals surface area contributed by atoms with Crippen LogP contribution in [0, 0.1) is 6.92 Å². The number of carbonyl (C=O) groups is 1. The molecule has 9 heteroatoms. The normalized spacial score (nSPS) is 13.8. The van der Waals surface area contributed by atoms with Gasteiger partial charge in [-0.1, -0.05) is 30.3 Å². The third-order valence-corrected chi connectivity index (χ3v) is 8.07. The Hall–Kier alpha value is -5.12. The van der Waals surface area contributed by atoms with Crippen LogP contribution in [0.2, 0.25) is 0 Å². The molecule has 1 fully saturated rings. The molecule has 3 aromatic carbocycles. The number of nitrogens with one attached hydrogen (secondary N) is 2. The summed E-state index contributed by atoms with van der Waals surface area (Å²) in [7, 11) is 3.81. The van der Waals surface area contributed by atoms with Gasteiger partial charge in [-0.2, -0.15) is 0 Å². The number of piperazine rings is 1. The molecule has 2 aromatic heterocycles. The molecule has 5 aromatic rings. The van der Waals surface area contributed by atoms with Crippen LogP contribution in [0.25, 0.3) is 22.4 Å². The molecule has 1 amide bonds. The van der Waals surface area contributed by atoms with Gasteiger partial charge < -0.3 is 20.3 Å². The lowest BCUT2D eigenvalue weighted by molar-refractivity contribution is 0.102. The summed E-state index contributed by atoms with van der Waals surface area (Å²) in [6.45, 7) is 7.19. The molecule has 2 N–H and O–H groups in total. The van der Waals surface area contributed by atoms with E-state index in [1.165, 1.54) is 5.56 Å². The van der Waals surface area contributed by atoms with Gasteiger partial charge in [-0.05, 0) is 79.2 Å². The molecule has 9 nitrogen and oxygen atoms in total. The fraction of sp³-hybridized carbons (Fsp3) is 0.222. The second kappa shape index (κ2) is 13.7. The minimum Gasteiger partial charge on any atom is -0.497 e. The van der Waals surface area contributed by atoms with Crippen molar-refractivity contribution in [3.63, 3.8) is 0 Å². The van der Waals surface area contributed by atoms with Crippen LogP contribution in [-0.4, -0.2) is 71.0 Å². The van der Waals surface area contributed by atoms with E-state index < -0.39 is 0 Å². The van der Waals surface area contributed by atoms with Crippen molar-refractivity contribution in [3.8, 4) is 28.1 Å². The summed E-state index contributed by atoms with van der Waals surface area (Å²) in [5.41, 5.74) is 7.95. The maximum absolute atomic E-state index is 13.1. The summed E-state index contributed by atoms with van der Waals surface area (Å²) in [4.78, 5) is 31.5. The Morgan fingerprint density at radius 2 is 1.62 bits per heavy atom. The number of hydrogen-bond acceptors (Lipinski definition) is 8. The zero-order valence-corrected chi connectivity index (χ0v) is 25.8. The number of hydrogen-bond donors (Lipinski definition) is 2. The third-order valence-electron chi connectivity index (χ3n) is 8.07. The van der Waals surface area contributed by atoms with Crippen LogP contribution in [0.5, 0.6) is 5.75 Å². The number of pyridine rings is 1. The summed E-state index contributed by atoms with van der Waals surface area (Å²) in [5, 5.41) is 6.36. The van der Waals surface area contributed by atoms with Crippen LogP contribution < -0.4 is 15.4 Å². The Morgan fingerprint density at radius 1 is 0.867 bits per heavy atom. The van der Waals surface area contributed by atoms with E-state index in [2.05, 4.69) is 43.5 Å². The van der Waals surface area contributed by atoms with Gasteiger partial charge in [-0.3, -0.25) is 14.7 Å². The molecule has 0 saturated carbocycles. The van der Waals surface area contributed by atoms with Gasteiger partial charge in [0, 0.05) is 79.4 Å². The van der Waals surface area contributed by atoms with Crippen molar-refractivity contribution in [2.75, 3.05) is 51.0 Å². The van der Waals surface area contributed by atoms with E-state index in [1.807, 2.05) is 85.9 Å². The van der Waals surface area contributed by atoms with Gasteiger partial charge in [0.25, 0.3) is 5.91 Å². The number of likely N-dealkylation sites (N-methyl/N-ethyl adjacent to an activating group) is 1. The maximum Gasteiger partial charge on any atom is 0.255 e. The summed E-state index contributed by atoms with van der Waals surface area (Å²) in [6, 6.07) is 25.4. The van der Waals surface area contributed by atoms with Gasteiger partial charge in [-0.15, -0.1) is 0 Å². The Labute approximate surface area is 263 Å². The van der Waals surface area contributed by atoms with Gasteiger partial charge >= 0.3 is 0 Å². The van der Waals surface area contributed by atoms with Crippen molar-refractivity contribution in [2.24, 2.45) is 0 Å². The number of amides is 1. The molecular weight excluding hydrogens is 562 g/mol. The van der Waals surface area contributed by atoms with E-state index in [0.717, 1.165) is 72.1 Å². The van der Waals surface area contributed by atoms with Crippen molar-refractivity contribution in [1.82, 2.24) is 24.8 Å². The maximum atomic E-state index is 13.1. The molecule has 0 bridgehead atoms. The predicted octanol–water partition coefficient (Wildman–Crippen LogP) is 6.27. The van der Waals surface area contributed by atoms with Crippen LogP contribution in [0.15, 0.2) is 97.5 Å². The molecule has 0 radical (unpaired) electrons. The van der Waals surface area contributed by atoms with E-state index in [4.69, 9.17) is 9.72 Å². The number of ether oxygens (including phenoxy) is 1. The number of nitrogens with zero attached hydrogens (tertiary/aromatic N) is 5.